The van der Waals surface area contributed by atoms with E-state index in [-0.39, 0.29) is 11.4 Å². The number of aryl methyl sites for hydroxylation is 2. The van der Waals surface area contributed by atoms with Crippen LogP contribution in [0.3, 0.4) is 0 Å². The molecule has 0 radical (unpaired) electrons. The number of aliphatic hydroxyl groups excluding tert-OH is 2. The summed E-state index contributed by atoms with van der Waals surface area (Å²) >= 11 is 0. The number of carbonyl (C=O) groups is 2. The maximum atomic E-state index is 11.6. The fraction of sp³-hybridized carbons (Fsp3) is 0.167. The van der Waals surface area contributed by atoms with Crippen molar-refractivity contribution in [2.75, 3.05) is 35.5 Å². The Hall–Kier alpha value is -7.48. The third-order valence-electron chi connectivity index (χ3n) is 4.64. The second-order valence-corrected chi connectivity index (χ2v) is 8.20. The zero-order chi connectivity index (χ0) is 38.8. The number of H-pyrrole nitrogens is 4. The average Bonchev–Trinajstić information content (AvgIpc) is 3.65. The number of amides is 4. The quantitative estimate of drug-likeness (QED) is 0.105. The van der Waals surface area contributed by atoms with Crippen LogP contribution in [0.25, 0.3) is 0 Å². The molecule has 4 rings (SSSR count). The van der Waals surface area contributed by atoms with Gasteiger partial charge in [0.2, 0.25) is 0 Å². The van der Waals surface area contributed by atoms with Gasteiger partial charge in [0.05, 0.1) is 54.9 Å². The molecular weight excluding hydrogens is 680 g/mol. The maximum Gasteiger partial charge on any atom is 0.411 e. The molecule has 0 unspecified atom stereocenters. The lowest BCUT2D eigenvalue weighted by Gasteiger charge is -2.01. The zero-order valence-electron chi connectivity index (χ0n) is 26.4. The Morgan fingerprint density at radius 1 is 0.580 bits per heavy atom. The van der Waals surface area contributed by atoms with Gasteiger partial charge in [-0.05, 0) is 26.0 Å². The number of carbonyl (C=O) groups excluding carboxylic acids is 2. The molecule has 10 N–H and O–H groups in total. The molecular formula is C24H32N12O14. The van der Waals surface area contributed by atoms with E-state index in [0.29, 0.717) is 23.0 Å². The van der Waals surface area contributed by atoms with Gasteiger partial charge in [0.25, 0.3) is 11.4 Å². The number of nitrogens with one attached hydrogen (secondary N) is 8. The maximum absolute atomic E-state index is 11.6. The van der Waals surface area contributed by atoms with Crippen LogP contribution in [0.2, 0.25) is 0 Å². The minimum absolute atomic E-state index is 0.0816. The average molecular weight is 713 g/mol. The molecule has 0 saturated carbocycles. The van der Waals surface area contributed by atoms with E-state index in [1.807, 2.05) is 13.8 Å². The first-order valence-electron chi connectivity index (χ1n) is 12.9. The molecule has 2 aromatic heterocycles. The first kappa shape index (κ1) is 44.6. The van der Waals surface area contributed by atoms with Gasteiger partial charge < -0.3 is 40.9 Å². The lowest BCUT2D eigenvalue weighted by molar-refractivity contribution is -0.434. The number of rotatable bonds is 6. The monoisotopic (exact) mass is 712 g/mol. The Bertz CT molecular complexity index is 1550. The standard InChI is InChI=1S/2C11H11N5O3.2CH4O.2NO3/c2*1-7-5-10(15-14-7)13-11(17)12-8-3-2-4-9(6-8)16(18)19;2*1-2;2*2-1(3)4/h2*2-6H,1H3,(H3,12,13,14,15,17);2*2H,1H3;;/q;;;;2*-1/p+2. The Balaban J connectivity index is 0. The van der Waals surface area contributed by atoms with Crippen LogP contribution in [0.15, 0.2) is 60.7 Å². The Morgan fingerprint density at radius 2 is 0.880 bits per heavy atom. The fourth-order valence-electron chi connectivity index (χ4n) is 3.01. The number of nitro groups is 2. The van der Waals surface area contributed by atoms with Gasteiger partial charge in [-0.1, -0.05) is 12.1 Å². The van der Waals surface area contributed by atoms with Crippen molar-refractivity contribution in [1.82, 2.24) is 10.2 Å². The highest BCUT2D eigenvalue weighted by Gasteiger charge is 2.14. The van der Waals surface area contributed by atoms with Crippen LogP contribution in [0, 0.1) is 64.7 Å². The van der Waals surface area contributed by atoms with Crippen LogP contribution >= 0.6 is 0 Å². The van der Waals surface area contributed by atoms with Gasteiger partial charge in [0, 0.05) is 38.5 Å². The van der Waals surface area contributed by atoms with E-state index in [2.05, 4.69) is 41.7 Å². The van der Waals surface area contributed by atoms with Crippen molar-refractivity contribution in [3.63, 3.8) is 0 Å². The number of aromatic amines is 4. The summed E-state index contributed by atoms with van der Waals surface area (Å²) in [4.78, 5) is 60.0. The Kier molecular flexibility index (Phi) is 22.1. The third kappa shape index (κ3) is 21.3. The van der Waals surface area contributed by atoms with E-state index in [4.69, 9.17) is 40.9 Å². The van der Waals surface area contributed by atoms with Crippen molar-refractivity contribution in [2.24, 2.45) is 0 Å². The highest BCUT2D eigenvalue weighted by Crippen LogP contribution is 2.18. The molecule has 2 aromatic carbocycles. The predicted molar refractivity (Wildman–Crippen MR) is 173 cm³/mol. The fourth-order valence-corrected chi connectivity index (χ4v) is 3.01. The summed E-state index contributed by atoms with van der Waals surface area (Å²) in [7, 11) is 2.00. The molecule has 4 amide bonds. The van der Waals surface area contributed by atoms with E-state index < -0.39 is 32.1 Å². The van der Waals surface area contributed by atoms with Crippen LogP contribution in [0.5, 0.6) is 0 Å². The molecule has 0 spiro atoms. The van der Waals surface area contributed by atoms with E-state index in [9.17, 15) is 29.8 Å². The van der Waals surface area contributed by atoms with Crippen molar-refractivity contribution in [3.05, 3.63) is 123 Å². The third-order valence-corrected chi connectivity index (χ3v) is 4.64. The lowest BCUT2D eigenvalue weighted by Crippen LogP contribution is -2.23. The first-order valence-corrected chi connectivity index (χ1v) is 12.9. The summed E-state index contributed by atoms with van der Waals surface area (Å²) in [5.74, 6) is 1.00. The summed E-state index contributed by atoms with van der Waals surface area (Å²) in [6, 6.07) is 13.9. The van der Waals surface area contributed by atoms with Gasteiger partial charge in [-0.25, -0.2) is 19.8 Å². The number of benzene rings is 2. The number of hydrogen-bond acceptors (Lipinski definition) is 14. The second-order valence-electron chi connectivity index (χ2n) is 8.20. The molecule has 0 aliphatic carbocycles. The van der Waals surface area contributed by atoms with E-state index in [1.54, 1.807) is 24.3 Å². The largest absolute Gasteiger partial charge is 0.411 e. The number of nitrogens with zero attached hydrogens (tertiary/aromatic N) is 4. The summed E-state index contributed by atoms with van der Waals surface area (Å²) in [6.07, 6.45) is 0. The van der Waals surface area contributed by atoms with E-state index in [0.717, 1.165) is 25.6 Å². The number of nitro benzene ring substituents is 2. The minimum Gasteiger partial charge on any atom is -0.400 e. The van der Waals surface area contributed by atoms with Crippen molar-refractivity contribution < 1.29 is 50.0 Å². The number of anilines is 4. The van der Waals surface area contributed by atoms with Gasteiger partial charge in [0.15, 0.2) is 0 Å². The summed E-state index contributed by atoms with van der Waals surface area (Å²) in [5.41, 5.74) is 2.26. The number of aliphatic hydroxyl groups is 2. The molecule has 2 heterocycles. The Labute approximate surface area is 279 Å². The van der Waals surface area contributed by atoms with Crippen LogP contribution < -0.4 is 31.5 Å². The smallest absolute Gasteiger partial charge is 0.400 e. The molecule has 0 atom stereocenters. The van der Waals surface area contributed by atoms with Gasteiger partial charge in [-0.3, -0.25) is 30.9 Å². The predicted octanol–water partition coefficient (Wildman–Crippen LogP) is 2.12. The molecule has 272 valence electrons. The molecule has 26 nitrogen and oxygen atoms in total. The van der Waals surface area contributed by atoms with Crippen LogP contribution in [0.1, 0.15) is 11.4 Å². The van der Waals surface area contributed by atoms with Crippen molar-refractivity contribution in [3.8, 4) is 0 Å². The summed E-state index contributed by atoms with van der Waals surface area (Å²) in [5, 5.41) is 85.9. The molecule has 4 aromatic rings. The highest BCUT2D eigenvalue weighted by molar-refractivity contribution is 5.99. The number of non-ortho nitro benzene ring substituents is 2. The number of aromatic nitrogens is 4. The second kappa shape index (κ2) is 24.7. The van der Waals surface area contributed by atoms with Crippen LogP contribution in [-0.4, -0.2) is 66.7 Å². The zero-order valence-corrected chi connectivity index (χ0v) is 26.4. The van der Waals surface area contributed by atoms with Crippen LogP contribution in [-0.2, 0) is 0 Å². The molecule has 50 heavy (non-hydrogen) atoms. The topological polar surface area (TPSA) is 401 Å². The van der Waals surface area contributed by atoms with Crippen molar-refractivity contribution in [2.45, 2.75) is 13.8 Å². The van der Waals surface area contributed by atoms with Crippen LogP contribution in [0.4, 0.5) is 44.0 Å². The summed E-state index contributed by atoms with van der Waals surface area (Å²) < 4.78 is 0. The van der Waals surface area contributed by atoms with Gasteiger partial charge in [-0.2, -0.15) is 20.8 Å². The SMILES string of the molecule is CO.CO.Cc1cc(NC(=O)Nc2cccc([N+](=O)[O-])c2)[nH+][nH]1.Cc1cc(NC(=O)Nc2cccc([N+](=O)[O-])c2)[nH+][nH]1.O=[N+]([O-])[O-].O=[N+]([O-])[O-]. The molecule has 0 saturated heterocycles. The van der Waals surface area contributed by atoms with Gasteiger partial charge >= 0.3 is 23.7 Å². The van der Waals surface area contributed by atoms with Crippen molar-refractivity contribution in [1.29, 1.82) is 0 Å². The molecule has 0 bridgehead atoms. The molecule has 26 heteroatoms. The minimum atomic E-state index is -1.75. The van der Waals surface area contributed by atoms with Crippen molar-refractivity contribution >= 4 is 46.4 Å². The van der Waals surface area contributed by atoms with E-state index in [1.165, 1.54) is 36.4 Å². The molecule has 0 aliphatic rings. The Morgan fingerprint density at radius 3 is 1.12 bits per heavy atom. The first-order chi connectivity index (χ1) is 23.5. The number of urea groups is 2. The summed E-state index contributed by atoms with van der Waals surface area (Å²) in [6.45, 7) is 3.67. The van der Waals surface area contributed by atoms with Gasteiger partial charge in [0.1, 0.15) is 0 Å². The lowest BCUT2D eigenvalue weighted by atomic mass is 10.3. The van der Waals surface area contributed by atoms with Gasteiger partial charge in [-0.15, -0.1) is 0 Å². The highest BCUT2D eigenvalue weighted by atomic mass is 16.9. The molecule has 0 fully saturated rings. The molecule has 0 aliphatic heterocycles. The van der Waals surface area contributed by atoms with E-state index >= 15 is 0 Å². The normalized spacial score (nSPS) is 8.76. The number of hydrogen-bond donors (Lipinski definition) is 8.